The fraction of sp³-hybridized carbons (Fsp3) is 0.0500. The number of fused-ring (bicyclic) bond motifs is 1. The lowest BCUT2D eigenvalue weighted by atomic mass is 10.1. The van der Waals surface area contributed by atoms with E-state index in [0.29, 0.717) is 22.6 Å². The van der Waals surface area contributed by atoms with Gasteiger partial charge in [-0.2, -0.15) is 0 Å². The van der Waals surface area contributed by atoms with Gasteiger partial charge in [-0.15, -0.1) is 0 Å². The maximum atomic E-state index is 11.1. The molecule has 0 radical (unpaired) electrons. The van der Waals surface area contributed by atoms with Crippen LogP contribution < -0.4 is 4.74 Å². The molecule has 0 bridgehead atoms. The largest absolute Gasteiger partial charge is 0.506 e. The van der Waals surface area contributed by atoms with Crippen LogP contribution in [0, 0.1) is 0 Å². The Bertz CT molecular complexity index is 1170. The van der Waals surface area contributed by atoms with E-state index in [0.717, 1.165) is 11.1 Å². The van der Waals surface area contributed by atoms with Crippen LogP contribution in [0.15, 0.2) is 61.1 Å². The van der Waals surface area contributed by atoms with E-state index in [2.05, 4.69) is 9.97 Å². The zero-order chi connectivity index (χ0) is 19.0. The molecule has 0 saturated heterocycles. The molecule has 0 amide bonds. The summed E-state index contributed by atoms with van der Waals surface area (Å²) in [5.41, 5.74) is 3.50. The second kappa shape index (κ2) is 6.45. The van der Waals surface area contributed by atoms with Crippen molar-refractivity contribution in [1.29, 1.82) is 0 Å². The molecule has 134 valence electrons. The van der Waals surface area contributed by atoms with Crippen LogP contribution in [-0.2, 0) is 0 Å². The predicted octanol–water partition coefficient (Wildman–Crippen LogP) is 3.50. The summed E-state index contributed by atoms with van der Waals surface area (Å²) >= 11 is 0. The Morgan fingerprint density at radius 1 is 1.11 bits per heavy atom. The molecule has 0 unspecified atom stereocenters. The number of hydrogen-bond donors (Lipinski definition) is 2. The van der Waals surface area contributed by atoms with Crippen LogP contribution >= 0.6 is 0 Å². The number of aromatic carboxylic acids is 1. The van der Waals surface area contributed by atoms with Crippen molar-refractivity contribution < 1.29 is 19.7 Å². The van der Waals surface area contributed by atoms with Crippen molar-refractivity contribution in [3.05, 3.63) is 66.6 Å². The van der Waals surface area contributed by atoms with E-state index in [4.69, 9.17) is 9.84 Å². The lowest BCUT2D eigenvalue weighted by Gasteiger charge is -2.11. The van der Waals surface area contributed by atoms with Gasteiger partial charge in [0, 0.05) is 11.8 Å². The van der Waals surface area contributed by atoms with Crippen molar-refractivity contribution in [1.82, 2.24) is 14.5 Å². The van der Waals surface area contributed by atoms with Crippen LogP contribution in [0.3, 0.4) is 0 Å². The van der Waals surface area contributed by atoms with Crippen molar-refractivity contribution in [2.75, 3.05) is 7.11 Å². The van der Waals surface area contributed by atoms with Gasteiger partial charge in [0.2, 0.25) is 5.88 Å². The van der Waals surface area contributed by atoms with Gasteiger partial charge < -0.3 is 14.9 Å². The first kappa shape index (κ1) is 16.6. The number of carboxylic acids is 1. The second-order valence-electron chi connectivity index (χ2n) is 5.89. The minimum absolute atomic E-state index is 0.0724. The average molecular weight is 361 g/mol. The maximum absolute atomic E-state index is 11.1. The Labute approximate surface area is 154 Å². The third-order valence-corrected chi connectivity index (χ3v) is 4.30. The highest BCUT2D eigenvalue weighted by molar-refractivity contribution is 5.92. The van der Waals surface area contributed by atoms with Gasteiger partial charge in [-0.25, -0.2) is 14.8 Å². The van der Waals surface area contributed by atoms with Gasteiger partial charge in [0.15, 0.2) is 0 Å². The van der Waals surface area contributed by atoms with Gasteiger partial charge in [0.1, 0.15) is 12.1 Å². The van der Waals surface area contributed by atoms with Crippen LogP contribution in [0.1, 0.15) is 10.4 Å². The summed E-state index contributed by atoms with van der Waals surface area (Å²) < 4.78 is 7.03. The first-order valence-electron chi connectivity index (χ1n) is 8.11. The fourth-order valence-electron chi connectivity index (χ4n) is 2.99. The summed E-state index contributed by atoms with van der Waals surface area (Å²) in [7, 11) is 1.55. The summed E-state index contributed by atoms with van der Waals surface area (Å²) in [6, 6.07) is 13.5. The Kier molecular flexibility index (Phi) is 3.97. The number of carboxylic acid groups (broad SMARTS) is 1. The van der Waals surface area contributed by atoms with Gasteiger partial charge in [-0.1, -0.05) is 6.07 Å². The lowest BCUT2D eigenvalue weighted by Crippen LogP contribution is -1.97. The third-order valence-electron chi connectivity index (χ3n) is 4.30. The molecule has 2 aromatic heterocycles. The SMILES string of the molecule is COc1ncccc1-c1ccc(O)c(-n2cnc3cc(C(=O)O)ccc32)c1. The summed E-state index contributed by atoms with van der Waals surface area (Å²) in [5, 5.41) is 19.5. The zero-order valence-electron chi connectivity index (χ0n) is 14.3. The van der Waals surface area contributed by atoms with Crippen LogP contribution in [0.4, 0.5) is 0 Å². The third kappa shape index (κ3) is 2.85. The van der Waals surface area contributed by atoms with Gasteiger partial charge in [-0.05, 0) is 48.0 Å². The molecular weight excluding hydrogens is 346 g/mol. The van der Waals surface area contributed by atoms with E-state index in [1.54, 1.807) is 48.5 Å². The van der Waals surface area contributed by atoms with Crippen molar-refractivity contribution in [3.8, 4) is 28.4 Å². The number of aromatic hydroxyl groups is 1. The monoisotopic (exact) mass is 361 g/mol. The summed E-state index contributed by atoms with van der Waals surface area (Å²) in [5.74, 6) is -0.459. The quantitative estimate of drug-likeness (QED) is 0.577. The molecule has 0 saturated carbocycles. The van der Waals surface area contributed by atoms with Crippen LogP contribution in [0.2, 0.25) is 0 Å². The van der Waals surface area contributed by atoms with Gasteiger partial charge in [-0.3, -0.25) is 4.57 Å². The van der Waals surface area contributed by atoms with E-state index >= 15 is 0 Å². The molecule has 7 nitrogen and oxygen atoms in total. The number of carbonyl (C=O) groups is 1. The van der Waals surface area contributed by atoms with Crippen molar-refractivity contribution in [2.45, 2.75) is 0 Å². The van der Waals surface area contributed by atoms with Crippen molar-refractivity contribution in [3.63, 3.8) is 0 Å². The number of nitrogens with zero attached hydrogens (tertiary/aromatic N) is 3. The van der Waals surface area contributed by atoms with E-state index in [1.165, 1.54) is 12.1 Å². The van der Waals surface area contributed by atoms with Gasteiger partial charge >= 0.3 is 5.97 Å². The number of phenols is 1. The molecule has 2 aromatic carbocycles. The predicted molar refractivity (Wildman–Crippen MR) is 99.5 cm³/mol. The Morgan fingerprint density at radius 3 is 2.74 bits per heavy atom. The Morgan fingerprint density at radius 2 is 1.96 bits per heavy atom. The molecule has 0 fully saturated rings. The number of ether oxygens (including phenoxy) is 1. The minimum Gasteiger partial charge on any atom is -0.506 e. The van der Waals surface area contributed by atoms with E-state index in [1.807, 2.05) is 12.1 Å². The molecule has 0 aliphatic carbocycles. The highest BCUT2D eigenvalue weighted by Gasteiger charge is 2.14. The van der Waals surface area contributed by atoms with E-state index in [9.17, 15) is 9.90 Å². The molecule has 0 atom stereocenters. The van der Waals surface area contributed by atoms with E-state index in [-0.39, 0.29) is 11.3 Å². The first-order chi connectivity index (χ1) is 13.1. The zero-order valence-corrected chi connectivity index (χ0v) is 14.3. The molecule has 27 heavy (non-hydrogen) atoms. The standard InChI is InChI=1S/C20H15N3O4/c1-27-19-14(3-2-8-21-19)12-5-7-18(24)17(10-12)23-11-22-15-9-13(20(25)26)4-6-16(15)23/h2-11,24H,1H3,(H,25,26). The summed E-state index contributed by atoms with van der Waals surface area (Å²) in [4.78, 5) is 19.6. The van der Waals surface area contributed by atoms with Gasteiger partial charge in [0.25, 0.3) is 0 Å². The first-order valence-corrected chi connectivity index (χ1v) is 8.11. The number of imidazole rings is 1. The van der Waals surface area contributed by atoms with Crippen LogP contribution in [0.5, 0.6) is 11.6 Å². The van der Waals surface area contributed by atoms with Crippen LogP contribution in [0.25, 0.3) is 27.8 Å². The van der Waals surface area contributed by atoms with E-state index < -0.39 is 5.97 Å². The number of hydrogen-bond acceptors (Lipinski definition) is 5. The number of aromatic nitrogens is 3. The molecule has 7 heteroatoms. The average Bonchev–Trinajstić information content (AvgIpc) is 3.11. The van der Waals surface area contributed by atoms with Crippen molar-refractivity contribution >= 4 is 17.0 Å². The number of methoxy groups -OCH3 is 1. The number of rotatable bonds is 4. The molecule has 2 N–H and O–H groups in total. The molecule has 0 spiro atoms. The maximum Gasteiger partial charge on any atom is 0.335 e. The molecule has 2 heterocycles. The fourth-order valence-corrected chi connectivity index (χ4v) is 2.99. The molecular formula is C20H15N3O4. The smallest absolute Gasteiger partial charge is 0.335 e. The van der Waals surface area contributed by atoms with Gasteiger partial charge in [0.05, 0.1) is 29.4 Å². The number of benzene rings is 2. The molecule has 0 aliphatic heterocycles. The Hall–Kier alpha value is -3.87. The highest BCUT2D eigenvalue weighted by atomic mass is 16.5. The normalized spacial score (nSPS) is 10.9. The number of pyridine rings is 1. The molecule has 4 aromatic rings. The number of phenolic OH excluding ortho intramolecular Hbond substituents is 1. The molecule has 4 rings (SSSR count). The highest BCUT2D eigenvalue weighted by Crippen LogP contribution is 2.34. The van der Waals surface area contributed by atoms with Crippen LogP contribution in [-0.4, -0.2) is 37.8 Å². The summed E-state index contributed by atoms with van der Waals surface area (Å²) in [6.45, 7) is 0. The molecule has 0 aliphatic rings. The summed E-state index contributed by atoms with van der Waals surface area (Å²) in [6.07, 6.45) is 3.20. The Balaban J connectivity index is 1.87. The minimum atomic E-state index is -1.01. The second-order valence-corrected chi connectivity index (χ2v) is 5.89. The van der Waals surface area contributed by atoms with Crippen molar-refractivity contribution in [2.24, 2.45) is 0 Å². The lowest BCUT2D eigenvalue weighted by molar-refractivity contribution is 0.0697. The topological polar surface area (TPSA) is 97.5 Å².